The standard InChI is InChI=1S/C24H37ClN4O3/c1-24(2,3)32-21(30)13-8-6-4-5-7-12-19-15-27-22(25)20(29-19)16-28-23(31)17-10-9-11-18(26)14-17/h7,12,15,17-18H,4-6,8-11,13-14,16,26H2,1-3H3,(H,28,31)/b12-7+/t17-,18-/m1/s1. The number of aromatic nitrogens is 2. The van der Waals surface area contributed by atoms with E-state index < -0.39 is 5.60 Å². The van der Waals surface area contributed by atoms with Gasteiger partial charge in [-0.15, -0.1) is 0 Å². The van der Waals surface area contributed by atoms with Crippen molar-refractivity contribution in [3.8, 4) is 0 Å². The van der Waals surface area contributed by atoms with E-state index in [0.717, 1.165) is 51.4 Å². The largest absolute Gasteiger partial charge is 0.460 e. The van der Waals surface area contributed by atoms with E-state index in [1.807, 2.05) is 32.9 Å². The van der Waals surface area contributed by atoms with Crippen LogP contribution in [-0.4, -0.2) is 33.5 Å². The van der Waals surface area contributed by atoms with E-state index in [4.69, 9.17) is 22.1 Å². The quantitative estimate of drug-likeness (QED) is 0.388. The number of hydrogen-bond donors (Lipinski definition) is 2. The Kier molecular flexibility index (Phi) is 10.6. The van der Waals surface area contributed by atoms with Crippen molar-refractivity contribution in [1.29, 1.82) is 0 Å². The summed E-state index contributed by atoms with van der Waals surface area (Å²) in [6.45, 7) is 5.88. The third-order valence-electron chi connectivity index (χ3n) is 5.29. The zero-order valence-corrected chi connectivity index (χ0v) is 20.3. The zero-order chi connectivity index (χ0) is 23.6. The first-order valence-electron chi connectivity index (χ1n) is 11.6. The number of carbonyl (C=O) groups is 2. The maximum absolute atomic E-state index is 12.4. The van der Waals surface area contributed by atoms with Crippen LogP contribution in [0.25, 0.3) is 6.08 Å². The van der Waals surface area contributed by atoms with E-state index >= 15 is 0 Å². The van der Waals surface area contributed by atoms with Gasteiger partial charge in [-0.05, 0) is 65.4 Å². The molecule has 0 unspecified atom stereocenters. The van der Waals surface area contributed by atoms with Gasteiger partial charge in [-0.25, -0.2) is 9.97 Å². The van der Waals surface area contributed by atoms with Crippen molar-refractivity contribution in [2.24, 2.45) is 11.7 Å². The molecule has 0 bridgehead atoms. The fourth-order valence-corrected chi connectivity index (χ4v) is 3.86. The molecule has 1 aliphatic rings. The molecule has 1 amide bonds. The number of unbranched alkanes of at least 4 members (excludes halogenated alkanes) is 3. The van der Waals surface area contributed by atoms with Crippen LogP contribution in [0, 0.1) is 5.92 Å². The van der Waals surface area contributed by atoms with E-state index in [0.29, 0.717) is 23.0 Å². The molecule has 1 aromatic rings. The Hall–Kier alpha value is -1.99. The number of amides is 1. The van der Waals surface area contributed by atoms with Gasteiger partial charge in [0.1, 0.15) is 5.60 Å². The highest BCUT2D eigenvalue weighted by Crippen LogP contribution is 2.23. The minimum atomic E-state index is -0.426. The number of ether oxygens (including phenoxy) is 1. The molecule has 7 nitrogen and oxygen atoms in total. The maximum atomic E-state index is 12.4. The number of halogens is 1. The van der Waals surface area contributed by atoms with Crippen LogP contribution >= 0.6 is 11.6 Å². The Bertz CT molecular complexity index is 792. The van der Waals surface area contributed by atoms with Crippen molar-refractivity contribution in [1.82, 2.24) is 15.3 Å². The minimum absolute atomic E-state index is 0.00495. The number of hydrogen-bond acceptors (Lipinski definition) is 6. The summed E-state index contributed by atoms with van der Waals surface area (Å²) in [7, 11) is 0. The van der Waals surface area contributed by atoms with Gasteiger partial charge >= 0.3 is 5.97 Å². The van der Waals surface area contributed by atoms with Gasteiger partial charge in [0.2, 0.25) is 5.91 Å². The summed E-state index contributed by atoms with van der Waals surface area (Å²) in [5.74, 6) is -0.176. The van der Waals surface area contributed by atoms with Gasteiger partial charge in [0.25, 0.3) is 0 Å². The summed E-state index contributed by atoms with van der Waals surface area (Å²) in [6, 6.07) is 0.105. The van der Waals surface area contributed by atoms with Crippen molar-refractivity contribution in [2.75, 3.05) is 0 Å². The van der Waals surface area contributed by atoms with E-state index in [1.54, 1.807) is 6.20 Å². The summed E-state index contributed by atoms with van der Waals surface area (Å²) in [4.78, 5) is 32.8. The van der Waals surface area contributed by atoms with Crippen LogP contribution in [0.4, 0.5) is 0 Å². The number of nitrogens with two attached hydrogens (primary N) is 1. The van der Waals surface area contributed by atoms with Gasteiger partial charge in [0.05, 0.1) is 24.1 Å². The minimum Gasteiger partial charge on any atom is -0.460 e. The van der Waals surface area contributed by atoms with Crippen LogP contribution in [0.15, 0.2) is 12.3 Å². The summed E-state index contributed by atoms with van der Waals surface area (Å²) in [6.07, 6.45) is 13.2. The Morgan fingerprint density at radius 1 is 1.28 bits per heavy atom. The molecule has 1 aliphatic carbocycles. The first-order chi connectivity index (χ1) is 15.1. The Morgan fingerprint density at radius 2 is 2.06 bits per heavy atom. The molecule has 1 heterocycles. The second-order valence-electron chi connectivity index (χ2n) is 9.46. The third kappa shape index (κ3) is 10.1. The summed E-state index contributed by atoms with van der Waals surface area (Å²) in [5.41, 5.74) is 6.81. The van der Waals surface area contributed by atoms with Crippen molar-refractivity contribution < 1.29 is 14.3 Å². The number of nitrogens with one attached hydrogen (secondary N) is 1. The van der Waals surface area contributed by atoms with Crippen LogP contribution in [0.3, 0.4) is 0 Å². The maximum Gasteiger partial charge on any atom is 0.306 e. The second-order valence-corrected chi connectivity index (χ2v) is 9.82. The van der Waals surface area contributed by atoms with Crippen molar-refractivity contribution in [3.63, 3.8) is 0 Å². The molecule has 32 heavy (non-hydrogen) atoms. The summed E-state index contributed by atoms with van der Waals surface area (Å²) in [5, 5.41) is 3.22. The van der Waals surface area contributed by atoms with Gasteiger partial charge in [0.15, 0.2) is 5.15 Å². The van der Waals surface area contributed by atoms with Gasteiger partial charge in [-0.2, -0.15) is 0 Å². The molecule has 1 fully saturated rings. The normalized spacial score (nSPS) is 19.2. The fraction of sp³-hybridized carbons (Fsp3) is 0.667. The number of carbonyl (C=O) groups excluding carboxylic acids is 2. The lowest BCUT2D eigenvalue weighted by molar-refractivity contribution is -0.154. The smallest absolute Gasteiger partial charge is 0.306 e. The summed E-state index contributed by atoms with van der Waals surface area (Å²) >= 11 is 6.17. The molecule has 1 aromatic heterocycles. The monoisotopic (exact) mass is 464 g/mol. The molecule has 3 N–H and O–H groups in total. The molecule has 0 spiro atoms. The number of rotatable bonds is 10. The highest BCUT2D eigenvalue weighted by molar-refractivity contribution is 6.30. The molecule has 0 radical (unpaired) electrons. The molecule has 8 heteroatoms. The number of allylic oxidation sites excluding steroid dienone is 1. The van der Waals surface area contributed by atoms with Gasteiger partial charge in [-0.1, -0.05) is 30.5 Å². The number of esters is 1. The molecule has 1 saturated carbocycles. The lowest BCUT2D eigenvalue weighted by Gasteiger charge is -2.25. The van der Waals surface area contributed by atoms with E-state index in [1.165, 1.54) is 0 Å². The van der Waals surface area contributed by atoms with Crippen LogP contribution in [0.5, 0.6) is 0 Å². The van der Waals surface area contributed by atoms with Crippen LogP contribution < -0.4 is 11.1 Å². The Balaban J connectivity index is 1.72. The highest BCUT2D eigenvalue weighted by atomic mass is 35.5. The molecule has 2 atom stereocenters. The average Bonchev–Trinajstić information content (AvgIpc) is 2.71. The number of nitrogens with zero attached hydrogens (tertiary/aromatic N) is 2. The fourth-order valence-electron chi connectivity index (χ4n) is 3.71. The van der Waals surface area contributed by atoms with Crippen molar-refractivity contribution in [2.45, 2.75) is 96.7 Å². The molecule has 178 valence electrons. The van der Waals surface area contributed by atoms with Crippen LogP contribution in [0.2, 0.25) is 5.15 Å². The highest BCUT2D eigenvalue weighted by Gasteiger charge is 2.25. The molecule has 2 rings (SSSR count). The lowest BCUT2D eigenvalue weighted by atomic mass is 9.85. The SMILES string of the molecule is CC(C)(C)OC(=O)CCCCC/C=C/c1cnc(Cl)c(CNC(=O)[C@@H]2CCC[C@@H](N)C2)n1. The first-order valence-corrected chi connectivity index (χ1v) is 11.9. The third-order valence-corrected chi connectivity index (χ3v) is 5.60. The van der Waals surface area contributed by atoms with Crippen LogP contribution in [-0.2, 0) is 20.9 Å². The van der Waals surface area contributed by atoms with E-state index in [-0.39, 0.29) is 30.4 Å². The van der Waals surface area contributed by atoms with Crippen LogP contribution in [0.1, 0.15) is 89.9 Å². The van der Waals surface area contributed by atoms with Crippen molar-refractivity contribution >= 4 is 29.6 Å². The summed E-state index contributed by atoms with van der Waals surface area (Å²) < 4.78 is 5.31. The Labute approximate surface area is 196 Å². The predicted octanol–water partition coefficient (Wildman–Crippen LogP) is 4.57. The molecule has 0 aromatic carbocycles. The Morgan fingerprint density at radius 3 is 2.78 bits per heavy atom. The van der Waals surface area contributed by atoms with E-state index in [9.17, 15) is 9.59 Å². The predicted molar refractivity (Wildman–Crippen MR) is 127 cm³/mol. The van der Waals surface area contributed by atoms with Gasteiger partial charge < -0.3 is 15.8 Å². The lowest BCUT2D eigenvalue weighted by Crippen LogP contribution is -2.37. The average molecular weight is 465 g/mol. The molecular weight excluding hydrogens is 428 g/mol. The second kappa shape index (κ2) is 12.9. The van der Waals surface area contributed by atoms with Crippen molar-refractivity contribution in [3.05, 3.63) is 28.8 Å². The van der Waals surface area contributed by atoms with Gasteiger partial charge in [0, 0.05) is 18.4 Å². The van der Waals surface area contributed by atoms with Gasteiger partial charge in [-0.3, -0.25) is 9.59 Å². The molecule has 0 aliphatic heterocycles. The first kappa shape index (κ1) is 26.3. The topological polar surface area (TPSA) is 107 Å². The molecular formula is C24H37ClN4O3. The van der Waals surface area contributed by atoms with E-state index in [2.05, 4.69) is 15.3 Å². The zero-order valence-electron chi connectivity index (χ0n) is 19.5. The molecule has 0 saturated heterocycles.